The molecule has 2 aromatic heterocycles. The minimum absolute atomic E-state index is 0.112. The molecule has 0 radical (unpaired) electrons. The first-order valence-electron chi connectivity index (χ1n) is 9.93. The number of nitrogens with zero attached hydrogens (tertiary/aromatic N) is 1. The lowest BCUT2D eigenvalue weighted by atomic mass is 10.0. The highest BCUT2D eigenvalue weighted by atomic mass is 16.5. The lowest BCUT2D eigenvalue weighted by molar-refractivity contribution is -0.123. The summed E-state index contributed by atoms with van der Waals surface area (Å²) in [5.41, 5.74) is 8.99. The Morgan fingerprint density at radius 2 is 2.07 bits per heavy atom. The number of fused-ring (bicyclic) bond motifs is 1. The number of nitrogens with two attached hydrogens (primary N) is 1. The van der Waals surface area contributed by atoms with E-state index in [-0.39, 0.29) is 11.9 Å². The van der Waals surface area contributed by atoms with Gasteiger partial charge in [-0.25, -0.2) is 4.98 Å². The molecule has 0 aliphatic carbocycles. The molecule has 1 aliphatic heterocycles. The summed E-state index contributed by atoms with van der Waals surface area (Å²) in [6.07, 6.45) is 5.80. The maximum Gasteiger partial charge on any atom is 0.237 e. The number of aromatic nitrogens is 2. The summed E-state index contributed by atoms with van der Waals surface area (Å²) >= 11 is 0. The van der Waals surface area contributed by atoms with E-state index in [1.54, 1.807) is 6.20 Å². The van der Waals surface area contributed by atoms with Crippen LogP contribution in [0.15, 0.2) is 42.7 Å². The number of hydrogen-bond acceptors (Lipinski definition) is 5. The number of nitrogens with one attached hydrogen (secondary N) is 2. The predicted molar refractivity (Wildman–Crippen MR) is 111 cm³/mol. The zero-order valence-electron chi connectivity index (χ0n) is 16.5. The van der Waals surface area contributed by atoms with Gasteiger partial charge in [0.1, 0.15) is 17.1 Å². The summed E-state index contributed by atoms with van der Waals surface area (Å²) in [7, 11) is 0. The smallest absolute Gasteiger partial charge is 0.237 e. The second-order valence-corrected chi connectivity index (χ2v) is 7.46. The Kier molecular flexibility index (Phi) is 5.78. The van der Waals surface area contributed by atoms with E-state index in [0.29, 0.717) is 19.6 Å². The van der Waals surface area contributed by atoms with Gasteiger partial charge >= 0.3 is 0 Å². The zero-order valence-corrected chi connectivity index (χ0v) is 16.5. The average molecular weight is 394 g/mol. The molecular weight excluding hydrogens is 368 g/mol. The predicted octanol–water partition coefficient (Wildman–Crippen LogP) is 2.83. The van der Waals surface area contributed by atoms with Gasteiger partial charge in [0, 0.05) is 31.6 Å². The van der Waals surface area contributed by atoms with Crippen molar-refractivity contribution in [3.05, 3.63) is 53.9 Å². The molecule has 1 aromatic carbocycles. The second-order valence-electron chi connectivity index (χ2n) is 7.46. The number of rotatable bonds is 6. The number of hydrogen-bond donors (Lipinski definition) is 3. The van der Waals surface area contributed by atoms with Crippen molar-refractivity contribution in [3.8, 4) is 11.5 Å². The van der Waals surface area contributed by atoms with Crippen molar-refractivity contribution in [2.24, 2.45) is 5.73 Å². The van der Waals surface area contributed by atoms with E-state index in [1.165, 1.54) is 0 Å². The third kappa shape index (κ3) is 4.58. The number of ether oxygens (including phenoxy) is 2. The van der Waals surface area contributed by atoms with Crippen LogP contribution in [0.4, 0.5) is 0 Å². The molecule has 7 heteroatoms. The molecule has 0 spiro atoms. The molecule has 3 aromatic rings. The van der Waals surface area contributed by atoms with Gasteiger partial charge in [-0.3, -0.25) is 4.79 Å². The molecule has 4 rings (SSSR count). The van der Waals surface area contributed by atoms with E-state index in [0.717, 1.165) is 46.5 Å². The largest absolute Gasteiger partial charge is 0.457 e. The van der Waals surface area contributed by atoms with Crippen LogP contribution < -0.4 is 15.8 Å². The molecule has 3 heterocycles. The van der Waals surface area contributed by atoms with Crippen LogP contribution in [-0.4, -0.2) is 41.2 Å². The highest BCUT2D eigenvalue weighted by Gasteiger charge is 2.20. The van der Waals surface area contributed by atoms with Crippen LogP contribution in [0.3, 0.4) is 0 Å². The first kappa shape index (κ1) is 19.4. The van der Waals surface area contributed by atoms with Crippen LogP contribution in [0, 0.1) is 6.92 Å². The molecule has 1 fully saturated rings. The third-order valence-corrected chi connectivity index (χ3v) is 5.24. The van der Waals surface area contributed by atoms with Gasteiger partial charge in [-0.1, -0.05) is 12.1 Å². The van der Waals surface area contributed by atoms with E-state index in [2.05, 4.69) is 15.3 Å². The van der Waals surface area contributed by atoms with Crippen LogP contribution in [0.5, 0.6) is 11.5 Å². The highest BCUT2D eigenvalue weighted by molar-refractivity contribution is 5.86. The molecule has 0 saturated carbocycles. The van der Waals surface area contributed by atoms with Crippen molar-refractivity contribution >= 4 is 16.9 Å². The molecular formula is C22H26N4O3. The maximum absolute atomic E-state index is 12.3. The Morgan fingerprint density at radius 1 is 1.31 bits per heavy atom. The van der Waals surface area contributed by atoms with E-state index < -0.39 is 6.04 Å². The fourth-order valence-corrected chi connectivity index (χ4v) is 3.59. The normalized spacial score (nSPS) is 15.9. The molecule has 29 heavy (non-hydrogen) atoms. The molecule has 1 aliphatic rings. The summed E-state index contributed by atoms with van der Waals surface area (Å²) in [4.78, 5) is 19.8. The molecule has 1 amide bonds. The Hall–Kier alpha value is -2.90. The minimum Gasteiger partial charge on any atom is -0.457 e. The summed E-state index contributed by atoms with van der Waals surface area (Å²) in [6.45, 7) is 3.39. The first-order chi connectivity index (χ1) is 14.1. The fourth-order valence-electron chi connectivity index (χ4n) is 3.59. The number of amides is 1. The second kappa shape index (κ2) is 8.63. The van der Waals surface area contributed by atoms with Gasteiger partial charge in [-0.05, 0) is 55.5 Å². The molecule has 1 unspecified atom stereocenters. The topological polar surface area (TPSA) is 102 Å². The van der Waals surface area contributed by atoms with Gasteiger partial charge in [0.2, 0.25) is 5.91 Å². The fraction of sp³-hybridized carbons (Fsp3) is 0.364. The van der Waals surface area contributed by atoms with E-state index >= 15 is 0 Å². The third-order valence-electron chi connectivity index (χ3n) is 5.24. The van der Waals surface area contributed by atoms with Crippen LogP contribution >= 0.6 is 0 Å². The van der Waals surface area contributed by atoms with Crippen molar-refractivity contribution in [2.45, 2.75) is 38.3 Å². The molecule has 4 N–H and O–H groups in total. The lowest BCUT2D eigenvalue weighted by Crippen LogP contribution is -2.48. The number of carbonyl (C=O) groups excluding carboxylic acids is 1. The van der Waals surface area contributed by atoms with Gasteiger partial charge in [-0.2, -0.15) is 0 Å². The van der Waals surface area contributed by atoms with E-state index in [4.69, 9.17) is 15.2 Å². The Labute approximate surface area is 169 Å². The Balaban J connectivity index is 1.37. The van der Waals surface area contributed by atoms with Crippen molar-refractivity contribution in [1.82, 2.24) is 15.3 Å². The molecule has 0 bridgehead atoms. The zero-order chi connectivity index (χ0) is 20.2. The Bertz CT molecular complexity index is 977. The van der Waals surface area contributed by atoms with Crippen molar-refractivity contribution in [1.29, 1.82) is 0 Å². The standard InChI is InChI=1S/C22H26N4O3/c1-14-13-25-21-20(14)19(6-9-24-21)29-17-4-2-15(3-5-17)12-18(23)22(27)26-16-7-10-28-11-8-16/h2-6,9,13,16,18H,7-8,10-12,23H2,1H3,(H,24,25)(H,26,27). The van der Waals surface area contributed by atoms with Crippen molar-refractivity contribution in [2.75, 3.05) is 13.2 Å². The number of pyridine rings is 1. The van der Waals surface area contributed by atoms with Crippen LogP contribution in [0.1, 0.15) is 24.0 Å². The number of H-pyrrole nitrogens is 1. The van der Waals surface area contributed by atoms with Gasteiger partial charge in [0.15, 0.2) is 0 Å². The quantitative estimate of drug-likeness (QED) is 0.597. The van der Waals surface area contributed by atoms with Crippen molar-refractivity contribution in [3.63, 3.8) is 0 Å². The molecule has 7 nitrogen and oxygen atoms in total. The minimum atomic E-state index is -0.577. The summed E-state index contributed by atoms with van der Waals surface area (Å²) in [5.74, 6) is 1.37. The first-order valence-corrected chi connectivity index (χ1v) is 9.93. The lowest BCUT2D eigenvalue weighted by Gasteiger charge is -2.24. The van der Waals surface area contributed by atoms with Gasteiger partial charge in [0.25, 0.3) is 0 Å². The molecule has 1 atom stereocenters. The van der Waals surface area contributed by atoms with Crippen LogP contribution in [-0.2, 0) is 16.0 Å². The number of carbonyl (C=O) groups is 1. The number of benzene rings is 1. The highest BCUT2D eigenvalue weighted by Crippen LogP contribution is 2.30. The van der Waals surface area contributed by atoms with Crippen molar-refractivity contribution < 1.29 is 14.3 Å². The van der Waals surface area contributed by atoms with Gasteiger partial charge in [-0.15, -0.1) is 0 Å². The molecule has 1 saturated heterocycles. The Morgan fingerprint density at radius 3 is 2.83 bits per heavy atom. The SMILES string of the molecule is Cc1c[nH]c2nccc(Oc3ccc(CC(N)C(=O)NC4CCOCC4)cc3)c12. The monoisotopic (exact) mass is 394 g/mol. The number of aromatic amines is 1. The molecule has 152 valence electrons. The van der Waals surface area contributed by atoms with E-state index in [9.17, 15) is 4.79 Å². The summed E-state index contributed by atoms with van der Waals surface area (Å²) in [5, 5.41) is 4.00. The van der Waals surface area contributed by atoms with Gasteiger partial charge < -0.3 is 25.5 Å². The number of aryl methyl sites for hydroxylation is 1. The van der Waals surface area contributed by atoms with Gasteiger partial charge in [0.05, 0.1) is 11.4 Å². The van der Waals surface area contributed by atoms with E-state index in [1.807, 2.05) is 43.5 Å². The van der Waals surface area contributed by atoms with Crippen LogP contribution in [0.2, 0.25) is 0 Å². The summed E-state index contributed by atoms with van der Waals surface area (Å²) < 4.78 is 11.4. The summed E-state index contributed by atoms with van der Waals surface area (Å²) in [6, 6.07) is 9.12. The maximum atomic E-state index is 12.3. The average Bonchev–Trinajstić information content (AvgIpc) is 3.12. The van der Waals surface area contributed by atoms with Crippen LogP contribution in [0.25, 0.3) is 11.0 Å².